The molecule has 142 valence electrons. The van der Waals surface area contributed by atoms with Gasteiger partial charge in [0.25, 0.3) is 0 Å². The average molecular weight is 360 g/mol. The largest absolute Gasteiger partial charge is 0.480 e. The average Bonchev–Trinajstić information content (AvgIpc) is 2.55. The first-order valence-corrected chi connectivity index (χ1v) is 9.19. The number of carbonyl (C=O) groups is 3. The van der Waals surface area contributed by atoms with E-state index in [2.05, 4.69) is 22.8 Å². The first-order valence-electron chi connectivity index (χ1n) is 9.19. The maximum Gasteiger partial charge on any atom is 0.326 e. The van der Waals surface area contributed by atoms with E-state index >= 15 is 0 Å². The number of rotatable bonds is 9. The monoisotopic (exact) mass is 360 g/mol. The zero-order valence-electron chi connectivity index (χ0n) is 15.4. The van der Waals surface area contributed by atoms with Crippen molar-refractivity contribution in [2.75, 3.05) is 6.54 Å². The van der Waals surface area contributed by atoms with Crippen molar-refractivity contribution in [3.63, 3.8) is 0 Å². The first-order chi connectivity index (χ1) is 12.3. The van der Waals surface area contributed by atoms with E-state index in [4.69, 9.17) is 5.11 Å². The van der Waals surface area contributed by atoms with E-state index in [1.54, 1.807) is 0 Å². The number of aliphatic carboxylic acids is 1. The van der Waals surface area contributed by atoms with Crippen LogP contribution in [-0.4, -0.2) is 35.5 Å². The molecule has 0 aliphatic heterocycles. The molecule has 1 aromatic rings. The molecule has 1 atom stereocenters. The molecule has 0 spiro atoms. The molecule has 2 amide bonds. The van der Waals surface area contributed by atoms with E-state index in [-0.39, 0.29) is 18.4 Å². The van der Waals surface area contributed by atoms with Gasteiger partial charge < -0.3 is 15.7 Å². The number of carboxylic acids is 1. The third kappa shape index (κ3) is 6.17. The Hall–Kier alpha value is -2.37. The van der Waals surface area contributed by atoms with Crippen molar-refractivity contribution in [3.8, 4) is 0 Å². The molecule has 1 aliphatic rings. The molecule has 3 N–H and O–H groups in total. The van der Waals surface area contributed by atoms with Crippen molar-refractivity contribution in [2.24, 2.45) is 11.8 Å². The molecule has 26 heavy (non-hydrogen) atoms. The fourth-order valence-electron chi connectivity index (χ4n) is 3.35. The molecule has 1 aliphatic carbocycles. The minimum absolute atomic E-state index is 0.155. The Morgan fingerprint density at radius 2 is 1.77 bits per heavy atom. The Balaban J connectivity index is 1.66. The SMILES string of the molecule is CC(C)C[C@H](NC(=O)CNC(=O)CC1CC(c2ccccc2)C1)C(=O)O. The molecular formula is C20H28N2O4. The van der Waals surface area contributed by atoms with Gasteiger partial charge in [-0.05, 0) is 42.6 Å². The Labute approximate surface area is 154 Å². The van der Waals surface area contributed by atoms with Gasteiger partial charge in [0.15, 0.2) is 0 Å². The van der Waals surface area contributed by atoms with Gasteiger partial charge in [-0.1, -0.05) is 44.2 Å². The summed E-state index contributed by atoms with van der Waals surface area (Å²) in [5.74, 6) is -0.669. The fourth-order valence-corrected chi connectivity index (χ4v) is 3.35. The van der Waals surface area contributed by atoms with E-state index in [0.717, 1.165) is 12.8 Å². The van der Waals surface area contributed by atoms with Crippen molar-refractivity contribution in [1.82, 2.24) is 10.6 Å². The summed E-state index contributed by atoms with van der Waals surface area (Å²) >= 11 is 0. The number of benzene rings is 1. The van der Waals surface area contributed by atoms with Crippen LogP contribution >= 0.6 is 0 Å². The van der Waals surface area contributed by atoms with Gasteiger partial charge in [0.2, 0.25) is 11.8 Å². The lowest BCUT2D eigenvalue weighted by molar-refractivity contribution is -0.142. The molecule has 6 nitrogen and oxygen atoms in total. The summed E-state index contributed by atoms with van der Waals surface area (Å²) in [5, 5.41) is 14.2. The van der Waals surface area contributed by atoms with Crippen molar-refractivity contribution in [1.29, 1.82) is 0 Å². The molecule has 0 heterocycles. The van der Waals surface area contributed by atoms with E-state index in [1.165, 1.54) is 5.56 Å². The van der Waals surface area contributed by atoms with Gasteiger partial charge >= 0.3 is 5.97 Å². The summed E-state index contributed by atoms with van der Waals surface area (Å²) < 4.78 is 0. The second-order valence-corrected chi connectivity index (χ2v) is 7.51. The lowest BCUT2D eigenvalue weighted by atomic mass is 9.70. The molecule has 0 aromatic heterocycles. The zero-order valence-corrected chi connectivity index (χ0v) is 15.4. The number of amides is 2. The van der Waals surface area contributed by atoms with Gasteiger partial charge in [0, 0.05) is 6.42 Å². The van der Waals surface area contributed by atoms with Crippen molar-refractivity contribution in [3.05, 3.63) is 35.9 Å². The topological polar surface area (TPSA) is 95.5 Å². The summed E-state index contributed by atoms with van der Waals surface area (Å²) in [4.78, 5) is 35.0. The highest BCUT2D eigenvalue weighted by atomic mass is 16.4. The van der Waals surface area contributed by atoms with E-state index in [9.17, 15) is 14.4 Å². The highest BCUT2D eigenvalue weighted by molar-refractivity contribution is 5.87. The lowest BCUT2D eigenvalue weighted by Gasteiger charge is -2.35. The summed E-state index contributed by atoms with van der Waals surface area (Å²) in [7, 11) is 0. The van der Waals surface area contributed by atoms with Crippen LogP contribution in [0.5, 0.6) is 0 Å². The Kier molecular flexibility index (Phi) is 7.18. The minimum atomic E-state index is -1.06. The van der Waals surface area contributed by atoms with Crippen LogP contribution in [0.3, 0.4) is 0 Å². The zero-order chi connectivity index (χ0) is 19.1. The number of carboxylic acid groups (broad SMARTS) is 1. The van der Waals surface area contributed by atoms with Gasteiger partial charge in [-0.2, -0.15) is 0 Å². The molecule has 1 saturated carbocycles. The number of carbonyl (C=O) groups excluding carboxylic acids is 2. The third-order valence-corrected chi connectivity index (χ3v) is 4.77. The standard InChI is InChI=1S/C20H28N2O4/c1-13(2)8-17(20(25)26)22-19(24)12-21-18(23)11-14-9-16(10-14)15-6-4-3-5-7-15/h3-7,13-14,16-17H,8-12H2,1-2H3,(H,21,23)(H,22,24)(H,25,26)/t14?,16?,17-/m0/s1. The van der Waals surface area contributed by atoms with Gasteiger partial charge in [0.05, 0.1) is 6.54 Å². The van der Waals surface area contributed by atoms with Crippen LogP contribution in [0.1, 0.15) is 51.0 Å². The molecule has 1 aromatic carbocycles. The number of hydrogen-bond acceptors (Lipinski definition) is 3. The van der Waals surface area contributed by atoms with E-state index < -0.39 is 17.9 Å². The van der Waals surface area contributed by atoms with Gasteiger partial charge in [-0.3, -0.25) is 9.59 Å². The second kappa shape index (κ2) is 9.36. The number of hydrogen-bond donors (Lipinski definition) is 3. The molecule has 0 radical (unpaired) electrons. The van der Waals surface area contributed by atoms with Crippen LogP contribution in [-0.2, 0) is 14.4 Å². The van der Waals surface area contributed by atoms with Gasteiger partial charge in [0.1, 0.15) is 6.04 Å². The van der Waals surface area contributed by atoms with Crippen molar-refractivity contribution < 1.29 is 19.5 Å². The van der Waals surface area contributed by atoms with E-state index in [1.807, 2.05) is 32.0 Å². The number of nitrogens with one attached hydrogen (secondary N) is 2. The van der Waals surface area contributed by atoms with Crippen molar-refractivity contribution in [2.45, 2.75) is 51.5 Å². The molecule has 6 heteroatoms. The Morgan fingerprint density at radius 3 is 2.35 bits per heavy atom. The highest BCUT2D eigenvalue weighted by Crippen LogP contribution is 2.43. The summed E-state index contributed by atoms with van der Waals surface area (Å²) in [6.45, 7) is 3.60. The van der Waals surface area contributed by atoms with Crippen molar-refractivity contribution >= 4 is 17.8 Å². The molecule has 1 fully saturated rings. The Bertz CT molecular complexity index is 624. The highest BCUT2D eigenvalue weighted by Gasteiger charge is 2.31. The molecule has 0 saturated heterocycles. The van der Waals surface area contributed by atoms with Crippen LogP contribution in [0.4, 0.5) is 0 Å². The van der Waals surface area contributed by atoms with Crippen LogP contribution < -0.4 is 10.6 Å². The van der Waals surface area contributed by atoms with Crippen LogP contribution in [0.15, 0.2) is 30.3 Å². The molecular weight excluding hydrogens is 332 g/mol. The first kappa shape index (κ1) is 19.9. The predicted octanol–water partition coefficient (Wildman–Crippen LogP) is 2.30. The van der Waals surface area contributed by atoms with Crippen LogP contribution in [0.25, 0.3) is 0 Å². The normalized spacial score (nSPS) is 20.1. The van der Waals surface area contributed by atoms with Crippen LogP contribution in [0, 0.1) is 11.8 Å². The molecule has 0 bridgehead atoms. The molecule has 2 rings (SSSR count). The third-order valence-electron chi connectivity index (χ3n) is 4.77. The van der Waals surface area contributed by atoms with E-state index in [0.29, 0.717) is 24.7 Å². The van der Waals surface area contributed by atoms with Gasteiger partial charge in [-0.15, -0.1) is 0 Å². The maximum atomic E-state index is 12.0. The second-order valence-electron chi connectivity index (χ2n) is 7.51. The maximum absolute atomic E-state index is 12.0. The predicted molar refractivity (Wildman–Crippen MR) is 98.6 cm³/mol. The quantitative estimate of drug-likeness (QED) is 0.630. The summed E-state index contributed by atoms with van der Waals surface area (Å²) in [6.07, 6.45) is 2.74. The minimum Gasteiger partial charge on any atom is -0.480 e. The van der Waals surface area contributed by atoms with Crippen LogP contribution in [0.2, 0.25) is 0 Å². The Morgan fingerprint density at radius 1 is 1.12 bits per heavy atom. The fraction of sp³-hybridized carbons (Fsp3) is 0.550. The summed E-state index contributed by atoms with van der Waals surface area (Å²) in [5.41, 5.74) is 1.31. The lowest BCUT2D eigenvalue weighted by Crippen LogP contribution is -2.46. The summed E-state index contributed by atoms with van der Waals surface area (Å²) in [6, 6.07) is 9.35. The van der Waals surface area contributed by atoms with Gasteiger partial charge in [-0.25, -0.2) is 4.79 Å². The molecule has 0 unspecified atom stereocenters. The smallest absolute Gasteiger partial charge is 0.326 e.